The number of methoxy groups -OCH3 is 1. The summed E-state index contributed by atoms with van der Waals surface area (Å²) in [5.74, 6) is -2.23. The van der Waals surface area contributed by atoms with Crippen LogP contribution in [0.3, 0.4) is 0 Å². The molecule has 0 aliphatic carbocycles. The largest absolute Gasteiger partial charge is 0.495 e. The molecule has 0 radical (unpaired) electrons. The fraction of sp³-hybridized carbons (Fsp3) is 0.286. The van der Waals surface area contributed by atoms with Crippen molar-refractivity contribution in [3.63, 3.8) is 0 Å². The highest BCUT2D eigenvalue weighted by atomic mass is 35.5. The fourth-order valence-corrected chi connectivity index (χ4v) is 4.18. The van der Waals surface area contributed by atoms with Gasteiger partial charge in [0.15, 0.2) is 6.29 Å². The van der Waals surface area contributed by atoms with Gasteiger partial charge in [-0.15, -0.1) is 0 Å². The average molecular weight is 478 g/mol. The molecular formula is C21H21Cl2N5O4. The van der Waals surface area contributed by atoms with Crippen LogP contribution in [-0.4, -0.2) is 37.3 Å². The second-order valence-electron chi connectivity index (χ2n) is 7.45. The zero-order valence-corrected chi connectivity index (χ0v) is 18.5. The molecule has 4 atom stereocenters. The Kier molecular flexibility index (Phi) is 6.40. The van der Waals surface area contributed by atoms with Crippen molar-refractivity contribution in [2.24, 2.45) is 11.8 Å². The Morgan fingerprint density at radius 2 is 1.88 bits per heavy atom. The number of para-hydroxylation sites is 2. The quantitative estimate of drug-likeness (QED) is 0.449. The lowest BCUT2D eigenvalue weighted by Crippen LogP contribution is -2.72. The molecule has 11 heteroatoms. The van der Waals surface area contributed by atoms with E-state index in [1.807, 2.05) is 12.1 Å². The monoisotopic (exact) mass is 477 g/mol. The highest BCUT2D eigenvalue weighted by Gasteiger charge is 2.48. The highest BCUT2D eigenvalue weighted by molar-refractivity contribution is 6.42. The van der Waals surface area contributed by atoms with Crippen molar-refractivity contribution in [1.82, 2.24) is 16.0 Å². The van der Waals surface area contributed by atoms with Gasteiger partial charge in [-0.3, -0.25) is 19.7 Å². The van der Waals surface area contributed by atoms with Crippen LogP contribution in [0.1, 0.15) is 6.42 Å². The van der Waals surface area contributed by atoms with Crippen LogP contribution in [0.15, 0.2) is 42.5 Å². The van der Waals surface area contributed by atoms with E-state index in [0.29, 0.717) is 22.1 Å². The molecule has 2 fully saturated rings. The smallest absolute Gasteiger partial charge is 0.229 e. The second kappa shape index (κ2) is 9.23. The van der Waals surface area contributed by atoms with Gasteiger partial charge in [-0.1, -0.05) is 35.3 Å². The first-order valence-electron chi connectivity index (χ1n) is 9.87. The van der Waals surface area contributed by atoms with Gasteiger partial charge in [0.2, 0.25) is 17.7 Å². The number of fused-ring (bicyclic) bond motifs is 1. The number of benzene rings is 2. The molecule has 0 bridgehead atoms. The number of amides is 3. The van der Waals surface area contributed by atoms with Crippen LogP contribution in [-0.2, 0) is 14.4 Å². The molecule has 2 aliphatic heterocycles. The lowest BCUT2D eigenvalue weighted by atomic mass is 9.81. The van der Waals surface area contributed by atoms with Gasteiger partial charge < -0.3 is 26.0 Å². The number of ether oxygens (including phenoxy) is 1. The molecule has 168 valence electrons. The molecule has 2 aromatic rings. The Bertz CT molecular complexity index is 1070. The Hall–Kier alpha value is -3.01. The van der Waals surface area contributed by atoms with Crippen LogP contribution in [0, 0.1) is 11.8 Å². The maximum Gasteiger partial charge on any atom is 0.229 e. The lowest BCUT2D eigenvalue weighted by molar-refractivity contribution is -0.144. The number of rotatable bonds is 5. The molecule has 3 amide bonds. The summed E-state index contributed by atoms with van der Waals surface area (Å²) in [7, 11) is 1.54. The zero-order valence-electron chi connectivity index (χ0n) is 16.9. The molecule has 0 saturated carbocycles. The van der Waals surface area contributed by atoms with E-state index in [9.17, 15) is 14.4 Å². The molecule has 2 aromatic carbocycles. The standard InChI is InChI=1S/C21H21Cl2N5O4/c1-32-15-5-3-2-4-14(15)25-21-27-18-17(20(31)28-21)11(9-16(29)26-18)19(30)24-10-6-7-12(22)13(23)8-10/h2-8,11,17-18,21,25,27H,9H2,1H3,(H,24,30)(H,26,29)(H,28,31). The third kappa shape index (κ3) is 4.59. The van der Waals surface area contributed by atoms with Gasteiger partial charge in [-0.25, -0.2) is 0 Å². The van der Waals surface area contributed by atoms with Gasteiger partial charge in [0.1, 0.15) is 5.75 Å². The molecular weight excluding hydrogens is 457 g/mol. The summed E-state index contributed by atoms with van der Waals surface area (Å²) in [6, 6.07) is 11.9. The van der Waals surface area contributed by atoms with Gasteiger partial charge in [-0.05, 0) is 30.3 Å². The van der Waals surface area contributed by atoms with Crippen molar-refractivity contribution in [1.29, 1.82) is 0 Å². The van der Waals surface area contributed by atoms with Crippen molar-refractivity contribution in [3.05, 3.63) is 52.5 Å². The third-order valence-corrected chi connectivity index (χ3v) is 6.12. The molecule has 4 rings (SSSR count). The van der Waals surface area contributed by atoms with E-state index in [2.05, 4.69) is 26.6 Å². The van der Waals surface area contributed by atoms with Crippen molar-refractivity contribution >= 4 is 52.3 Å². The Morgan fingerprint density at radius 1 is 1.09 bits per heavy atom. The summed E-state index contributed by atoms with van der Waals surface area (Å²) in [4.78, 5) is 38.2. The molecule has 2 aliphatic rings. The Morgan fingerprint density at radius 3 is 2.62 bits per heavy atom. The predicted octanol–water partition coefficient (Wildman–Crippen LogP) is 2.13. The zero-order chi connectivity index (χ0) is 22.8. The maximum atomic E-state index is 13.0. The summed E-state index contributed by atoms with van der Waals surface area (Å²) in [5, 5.41) is 15.2. The molecule has 4 unspecified atom stereocenters. The number of carbonyl (C=O) groups is 3. The van der Waals surface area contributed by atoms with Crippen molar-refractivity contribution in [2.75, 3.05) is 17.7 Å². The number of hydrogen-bond donors (Lipinski definition) is 5. The molecule has 32 heavy (non-hydrogen) atoms. The third-order valence-electron chi connectivity index (χ3n) is 5.38. The van der Waals surface area contributed by atoms with Crippen LogP contribution >= 0.6 is 23.2 Å². The minimum atomic E-state index is -0.872. The Labute approximate surface area is 194 Å². The van der Waals surface area contributed by atoms with Crippen LogP contribution in [0.4, 0.5) is 11.4 Å². The average Bonchev–Trinajstić information content (AvgIpc) is 2.75. The second-order valence-corrected chi connectivity index (χ2v) is 8.27. The minimum Gasteiger partial charge on any atom is -0.495 e. The van der Waals surface area contributed by atoms with E-state index in [4.69, 9.17) is 27.9 Å². The van der Waals surface area contributed by atoms with Crippen LogP contribution in [0.5, 0.6) is 5.75 Å². The fourth-order valence-electron chi connectivity index (χ4n) is 3.88. The van der Waals surface area contributed by atoms with E-state index in [1.165, 1.54) is 6.07 Å². The number of hydrogen-bond acceptors (Lipinski definition) is 6. The van der Waals surface area contributed by atoms with E-state index in [1.54, 1.807) is 31.4 Å². The first kappa shape index (κ1) is 22.2. The molecule has 5 N–H and O–H groups in total. The van der Waals surface area contributed by atoms with E-state index in [0.717, 1.165) is 0 Å². The summed E-state index contributed by atoms with van der Waals surface area (Å²) in [6.45, 7) is 0. The van der Waals surface area contributed by atoms with Crippen LogP contribution in [0.25, 0.3) is 0 Å². The molecule has 9 nitrogen and oxygen atoms in total. The van der Waals surface area contributed by atoms with Gasteiger partial charge in [-0.2, -0.15) is 0 Å². The van der Waals surface area contributed by atoms with E-state index >= 15 is 0 Å². The van der Waals surface area contributed by atoms with E-state index < -0.39 is 30.2 Å². The van der Waals surface area contributed by atoms with Gasteiger partial charge in [0.25, 0.3) is 0 Å². The molecule has 2 saturated heterocycles. The summed E-state index contributed by atoms with van der Waals surface area (Å²) < 4.78 is 5.31. The summed E-state index contributed by atoms with van der Waals surface area (Å²) >= 11 is 11.9. The normalized spacial score (nSPS) is 24.6. The van der Waals surface area contributed by atoms with Crippen molar-refractivity contribution in [2.45, 2.75) is 18.9 Å². The first-order chi connectivity index (χ1) is 15.4. The minimum absolute atomic E-state index is 0.117. The number of halogens is 2. The first-order valence-corrected chi connectivity index (χ1v) is 10.6. The topological polar surface area (TPSA) is 121 Å². The van der Waals surface area contributed by atoms with Crippen molar-refractivity contribution in [3.8, 4) is 5.75 Å². The number of carbonyl (C=O) groups excluding carboxylic acids is 3. The summed E-state index contributed by atoms with van der Waals surface area (Å²) in [5.41, 5.74) is 1.08. The predicted molar refractivity (Wildman–Crippen MR) is 120 cm³/mol. The molecule has 0 aromatic heterocycles. The number of anilines is 2. The van der Waals surface area contributed by atoms with Gasteiger partial charge >= 0.3 is 0 Å². The van der Waals surface area contributed by atoms with Crippen LogP contribution in [0.2, 0.25) is 10.0 Å². The lowest BCUT2D eigenvalue weighted by Gasteiger charge is -2.43. The number of nitrogens with one attached hydrogen (secondary N) is 5. The molecule has 0 spiro atoms. The van der Waals surface area contributed by atoms with Crippen molar-refractivity contribution < 1.29 is 19.1 Å². The number of piperidine rings is 1. The van der Waals surface area contributed by atoms with E-state index in [-0.39, 0.29) is 23.3 Å². The SMILES string of the molecule is COc1ccccc1NC1NC(=O)C2C(NC(=O)CC2C(=O)Nc2ccc(Cl)c(Cl)c2)N1. The Balaban J connectivity index is 1.49. The maximum absolute atomic E-state index is 13.0. The van der Waals surface area contributed by atoms with Crippen LogP contribution < -0.4 is 31.3 Å². The highest BCUT2D eigenvalue weighted by Crippen LogP contribution is 2.30. The molecule has 2 heterocycles. The summed E-state index contributed by atoms with van der Waals surface area (Å²) in [6.07, 6.45) is -1.53. The van der Waals surface area contributed by atoms with Gasteiger partial charge in [0.05, 0.1) is 40.8 Å². The van der Waals surface area contributed by atoms with Gasteiger partial charge in [0, 0.05) is 12.1 Å².